The summed E-state index contributed by atoms with van der Waals surface area (Å²) in [4.78, 5) is 14.8. The number of hydrogen-bond donors (Lipinski definition) is 6. The van der Waals surface area contributed by atoms with E-state index in [0.29, 0.717) is 5.92 Å². The highest BCUT2D eigenvalue weighted by Crippen LogP contribution is 2.28. The zero-order valence-corrected chi connectivity index (χ0v) is 16.4. The van der Waals surface area contributed by atoms with Gasteiger partial charge < -0.3 is 30.5 Å². The van der Waals surface area contributed by atoms with Crippen molar-refractivity contribution >= 4 is 18.5 Å². The van der Waals surface area contributed by atoms with Gasteiger partial charge in [0.25, 0.3) is 0 Å². The Bertz CT molecular complexity index is 482. The molecule has 2 rings (SSSR count). The van der Waals surface area contributed by atoms with Crippen LogP contribution in [0.15, 0.2) is 0 Å². The van der Waals surface area contributed by atoms with Gasteiger partial charge in [0.2, 0.25) is 5.91 Å². The average Bonchev–Trinajstić information content (AvgIpc) is 2.95. The third-order valence-corrected chi connectivity index (χ3v) is 5.87. The van der Waals surface area contributed by atoms with Crippen LogP contribution < -0.4 is 5.32 Å². The Hall–Kier alpha value is -0.420. The van der Waals surface area contributed by atoms with Crippen LogP contribution in [0.25, 0.3) is 0 Å². The van der Waals surface area contributed by atoms with Crippen molar-refractivity contribution in [3.8, 4) is 0 Å². The van der Waals surface area contributed by atoms with Gasteiger partial charge in [0.15, 0.2) is 0 Å². The Morgan fingerprint density at radius 3 is 2.54 bits per heavy atom. The fraction of sp³-hybridized carbons (Fsp3) is 0.941. The van der Waals surface area contributed by atoms with Crippen LogP contribution in [0.4, 0.5) is 0 Å². The minimum atomic E-state index is -1.47. The Morgan fingerprint density at radius 2 is 1.96 bits per heavy atom. The fourth-order valence-corrected chi connectivity index (χ4v) is 4.27. The van der Waals surface area contributed by atoms with E-state index in [1.165, 1.54) is 6.92 Å². The summed E-state index contributed by atoms with van der Waals surface area (Å²) < 4.78 is 5.47. The molecule has 0 aliphatic carbocycles. The Balaban J connectivity index is 2.07. The molecule has 0 aromatic rings. The standard InChI is InChI=1S/C17H32N2O6S/c1-4-5-9-6-10(19(3)7-9)16(24)18-11(8(2)20)15-13(22)12(21)14(23)17(26)25-15/h8-15,17,20-23,26H,4-7H2,1-3H3,(H,18,24)/t8-,9-,10+,11-,12+,13-,14-,15-,17-/m1/s1. The molecule has 5 N–H and O–H groups in total. The molecule has 0 unspecified atom stereocenters. The van der Waals surface area contributed by atoms with E-state index in [1.54, 1.807) is 0 Å². The van der Waals surface area contributed by atoms with Crippen LogP contribution in [0.1, 0.15) is 33.1 Å². The third-order valence-electron chi connectivity index (χ3n) is 5.44. The molecular formula is C17H32N2O6S. The lowest BCUT2D eigenvalue weighted by Gasteiger charge is -2.43. The molecule has 0 radical (unpaired) electrons. The number of hydrogen-bond acceptors (Lipinski definition) is 8. The van der Waals surface area contributed by atoms with Gasteiger partial charge in [-0.1, -0.05) is 13.3 Å². The number of likely N-dealkylation sites (tertiary alicyclic amines) is 1. The maximum Gasteiger partial charge on any atom is 0.237 e. The van der Waals surface area contributed by atoms with E-state index in [2.05, 4.69) is 24.9 Å². The highest BCUT2D eigenvalue weighted by Gasteiger charge is 2.47. The van der Waals surface area contributed by atoms with E-state index in [4.69, 9.17) is 4.74 Å². The summed E-state index contributed by atoms with van der Waals surface area (Å²) in [5, 5.41) is 42.9. The van der Waals surface area contributed by atoms with E-state index in [0.717, 1.165) is 25.8 Å². The van der Waals surface area contributed by atoms with Gasteiger partial charge in [-0.15, -0.1) is 12.6 Å². The van der Waals surface area contributed by atoms with Gasteiger partial charge in [0.05, 0.1) is 18.2 Å². The minimum absolute atomic E-state index is 0.246. The van der Waals surface area contributed by atoms with Gasteiger partial charge >= 0.3 is 0 Å². The number of ether oxygens (including phenoxy) is 1. The quantitative estimate of drug-likeness (QED) is 0.311. The number of amides is 1. The highest BCUT2D eigenvalue weighted by molar-refractivity contribution is 7.80. The lowest BCUT2D eigenvalue weighted by molar-refractivity contribution is -0.210. The van der Waals surface area contributed by atoms with Crippen molar-refractivity contribution in [2.24, 2.45) is 5.92 Å². The van der Waals surface area contributed by atoms with Gasteiger partial charge in [0.1, 0.15) is 29.9 Å². The van der Waals surface area contributed by atoms with Crippen LogP contribution in [0.5, 0.6) is 0 Å². The number of carbonyl (C=O) groups excluding carboxylic acids is 1. The first-order valence-corrected chi connectivity index (χ1v) is 9.75. The maximum absolute atomic E-state index is 12.8. The summed E-state index contributed by atoms with van der Waals surface area (Å²) in [7, 11) is 1.90. The second-order valence-corrected chi connectivity index (χ2v) is 8.09. The molecule has 0 spiro atoms. The van der Waals surface area contributed by atoms with Crippen LogP contribution in [-0.4, -0.2) is 92.9 Å². The monoisotopic (exact) mass is 392 g/mol. The first kappa shape index (κ1) is 21.9. The number of nitrogens with zero attached hydrogens (tertiary/aromatic N) is 1. The van der Waals surface area contributed by atoms with Crippen molar-refractivity contribution in [2.75, 3.05) is 13.6 Å². The first-order valence-electron chi connectivity index (χ1n) is 9.23. The molecule has 2 aliphatic heterocycles. The topological polar surface area (TPSA) is 122 Å². The number of thiol groups is 1. The number of rotatable bonds is 6. The van der Waals surface area contributed by atoms with Crippen molar-refractivity contribution in [3.05, 3.63) is 0 Å². The normalized spacial score (nSPS) is 41.0. The van der Waals surface area contributed by atoms with Crippen LogP contribution in [0.2, 0.25) is 0 Å². The maximum atomic E-state index is 12.8. The van der Waals surface area contributed by atoms with Crippen LogP contribution in [0.3, 0.4) is 0 Å². The summed E-state index contributed by atoms with van der Waals surface area (Å²) in [6, 6.07) is -1.25. The van der Waals surface area contributed by atoms with Crippen molar-refractivity contribution in [1.29, 1.82) is 0 Å². The van der Waals surface area contributed by atoms with Crippen LogP contribution in [-0.2, 0) is 9.53 Å². The predicted octanol–water partition coefficient (Wildman–Crippen LogP) is -1.29. The number of likely N-dealkylation sites (N-methyl/N-ethyl adjacent to an activating group) is 1. The van der Waals surface area contributed by atoms with Gasteiger partial charge in [0, 0.05) is 6.54 Å². The minimum Gasteiger partial charge on any atom is -0.391 e. The first-order chi connectivity index (χ1) is 12.2. The second kappa shape index (κ2) is 9.18. The average molecular weight is 393 g/mol. The van der Waals surface area contributed by atoms with E-state index in [9.17, 15) is 25.2 Å². The molecule has 2 saturated heterocycles. The van der Waals surface area contributed by atoms with E-state index >= 15 is 0 Å². The summed E-state index contributed by atoms with van der Waals surface area (Å²) in [5.41, 5.74) is -1.03. The lowest BCUT2D eigenvalue weighted by atomic mass is 9.92. The Labute approximate surface area is 159 Å². The zero-order chi connectivity index (χ0) is 19.6. The van der Waals surface area contributed by atoms with Crippen LogP contribution in [0, 0.1) is 5.92 Å². The predicted molar refractivity (Wildman–Crippen MR) is 98.7 cm³/mol. The molecule has 9 atom stereocenters. The molecule has 8 nitrogen and oxygen atoms in total. The number of nitrogens with one attached hydrogen (secondary N) is 1. The molecule has 152 valence electrons. The summed E-state index contributed by atoms with van der Waals surface area (Å²) >= 11 is 4.06. The van der Waals surface area contributed by atoms with Crippen molar-refractivity contribution in [1.82, 2.24) is 10.2 Å². The van der Waals surface area contributed by atoms with Gasteiger partial charge in [-0.2, -0.15) is 0 Å². The van der Waals surface area contributed by atoms with Crippen molar-refractivity contribution in [2.45, 2.75) is 81.1 Å². The van der Waals surface area contributed by atoms with E-state index in [1.807, 2.05) is 11.9 Å². The highest BCUT2D eigenvalue weighted by atomic mass is 32.1. The molecule has 9 heteroatoms. The van der Waals surface area contributed by atoms with E-state index < -0.39 is 42.0 Å². The second-order valence-electron chi connectivity index (χ2n) is 7.58. The molecule has 2 aliphatic rings. The number of aliphatic hydroxyl groups excluding tert-OH is 4. The summed E-state index contributed by atoms with van der Waals surface area (Å²) in [5.74, 6) is 0.213. The van der Waals surface area contributed by atoms with Crippen molar-refractivity contribution < 1.29 is 30.0 Å². The molecule has 0 saturated carbocycles. The third kappa shape index (κ3) is 4.70. The molecule has 2 heterocycles. The molecule has 0 bridgehead atoms. The molecule has 0 aromatic carbocycles. The smallest absolute Gasteiger partial charge is 0.237 e. The SMILES string of the molecule is CCC[C@@H]1C[C@@H](C(=O)N[C@@H]([C@H]2O[C@H](S)[C@H](O)[C@@H](O)[C@H]2O)[C@@H](C)O)N(C)C1. The van der Waals surface area contributed by atoms with Gasteiger partial charge in [-0.25, -0.2) is 0 Å². The molecule has 2 fully saturated rings. The Morgan fingerprint density at radius 1 is 1.31 bits per heavy atom. The lowest BCUT2D eigenvalue weighted by Crippen LogP contribution is -2.65. The zero-order valence-electron chi connectivity index (χ0n) is 15.5. The summed E-state index contributed by atoms with van der Waals surface area (Å²) in [6.45, 7) is 4.44. The molecule has 26 heavy (non-hydrogen) atoms. The van der Waals surface area contributed by atoms with Gasteiger partial charge in [-0.05, 0) is 32.7 Å². The fourth-order valence-electron chi connectivity index (χ4n) is 3.95. The molecule has 1 amide bonds. The molecular weight excluding hydrogens is 360 g/mol. The molecule has 0 aromatic heterocycles. The number of aliphatic hydroxyl groups is 4. The largest absolute Gasteiger partial charge is 0.391 e. The summed E-state index contributed by atoms with van der Waals surface area (Å²) in [6.07, 6.45) is -3.53. The van der Waals surface area contributed by atoms with Gasteiger partial charge in [-0.3, -0.25) is 9.69 Å². The Kier molecular flexibility index (Phi) is 7.73. The number of carbonyl (C=O) groups is 1. The van der Waals surface area contributed by atoms with E-state index in [-0.39, 0.29) is 11.9 Å². The van der Waals surface area contributed by atoms with Crippen LogP contribution >= 0.6 is 12.6 Å². The van der Waals surface area contributed by atoms with Crippen molar-refractivity contribution in [3.63, 3.8) is 0 Å².